The van der Waals surface area contributed by atoms with E-state index in [0.29, 0.717) is 19.6 Å². The van der Waals surface area contributed by atoms with Crippen molar-refractivity contribution in [1.82, 2.24) is 20.1 Å². The summed E-state index contributed by atoms with van der Waals surface area (Å²) in [7, 11) is 1.74. The van der Waals surface area contributed by atoms with Gasteiger partial charge in [-0.05, 0) is 18.9 Å². The summed E-state index contributed by atoms with van der Waals surface area (Å²) in [5, 5.41) is 6.44. The number of aromatic nitrogens is 1. The first-order chi connectivity index (χ1) is 13.0. The van der Waals surface area contributed by atoms with Gasteiger partial charge in [0.1, 0.15) is 5.01 Å². The number of halogens is 3. The lowest BCUT2D eigenvalue weighted by atomic mass is 9.93. The van der Waals surface area contributed by atoms with Gasteiger partial charge in [0.05, 0.1) is 18.8 Å². The lowest BCUT2D eigenvalue weighted by molar-refractivity contribution is -0.146. The van der Waals surface area contributed by atoms with Crippen molar-refractivity contribution in [2.24, 2.45) is 10.9 Å². The molecule has 1 unspecified atom stereocenters. The molecule has 0 amide bonds. The van der Waals surface area contributed by atoms with Crippen LogP contribution in [0.15, 0.2) is 10.4 Å². The van der Waals surface area contributed by atoms with E-state index in [9.17, 15) is 13.2 Å². The highest BCUT2D eigenvalue weighted by Crippen LogP contribution is 2.24. The first-order valence-electron chi connectivity index (χ1n) is 9.71. The fourth-order valence-electron chi connectivity index (χ4n) is 3.32. The van der Waals surface area contributed by atoms with E-state index in [-0.39, 0.29) is 11.3 Å². The van der Waals surface area contributed by atoms with Crippen molar-refractivity contribution in [3.8, 4) is 0 Å². The van der Waals surface area contributed by atoms with Crippen LogP contribution in [-0.2, 0) is 12.0 Å². The second-order valence-electron chi connectivity index (χ2n) is 8.32. The first-order valence-corrected chi connectivity index (χ1v) is 10.6. The highest BCUT2D eigenvalue weighted by Gasteiger charge is 2.33. The zero-order chi connectivity index (χ0) is 20.9. The third kappa shape index (κ3) is 6.92. The summed E-state index contributed by atoms with van der Waals surface area (Å²) < 4.78 is 38.0. The zero-order valence-corrected chi connectivity index (χ0v) is 18.3. The fourth-order valence-corrected chi connectivity index (χ4v) is 4.28. The maximum Gasteiger partial charge on any atom is 0.401 e. The lowest BCUT2D eigenvalue weighted by Gasteiger charge is -2.26. The molecule has 0 aromatic carbocycles. The number of nitrogens with zero attached hydrogens (tertiary/aromatic N) is 4. The number of alkyl halides is 3. The van der Waals surface area contributed by atoms with Crippen LogP contribution < -0.4 is 5.32 Å². The fraction of sp³-hybridized carbons (Fsp3) is 0.789. The van der Waals surface area contributed by atoms with E-state index < -0.39 is 12.7 Å². The van der Waals surface area contributed by atoms with Gasteiger partial charge in [-0.2, -0.15) is 13.2 Å². The van der Waals surface area contributed by atoms with Crippen LogP contribution in [0.25, 0.3) is 0 Å². The summed E-state index contributed by atoms with van der Waals surface area (Å²) in [5.41, 5.74) is 1.11. The van der Waals surface area contributed by atoms with Crippen LogP contribution in [0.1, 0.15) is 44.8 Å². The van der Waals surface area contributed by atoms with Gasteiger partial charge in [0.15, 0.2) is 5.96 Å². The summed E-state index contributed by atoms with van der Waals surface area (Å²) in [6.07, 6.45) is -3.27. The number of nitrogens with one attached hydrogen (secondary N) is 1. The van der Waals surface area contributed by atoms with Crippen molar-refractivity contribution in [1.29, 1.82) is 0 Å². The lowest BCUT2D eigenvalue weighted by Crippen LogP contribution is -2.41. The van der Waals surface area contributed by atoms with Gasteiger partial charge in [0, 0.05) is 37.5 Å². The molecule has 0 saturated carbocycles. The van der Waals surface area contributed by atoms with Gasteiger partial charge >= 0.3 is 6.18 Å². The molecule has 0 spiro atoms. The number of likely N-dealkylation sites (tertiary alicyclic amines) is 1. The Hall–Kier alpha value is -1.35. The number of aliphatic imine (C=N–C) groups is 1. The molecule has 1 aromatic rings. The van der Waals surface area contributed by atoms with E-state index in [1.165, 1.54) is 4.90 Å². The highest BCUT2D eigenvalue weighted by atomic mass is 32.1. The van der Waals surface area contributed by atoms with E-state index in [1.807, 2.05) is 0 Å². The molecule has 2 heterocycles. The molecular formula is C19H32F3N5S. The molecule has 9 heteroatoms. The molecule has 1 N–H and O–H groups in total. The van der Waals surface area contributed by atoms with E-state index in [4.69, 9.17) is 0 Å². The number of thiazole rings is 1. The predicted molar refractivity (Wildman–Crippen MR) is 109 cm³/mol. The standard InChI is InChI=1S/C19H32F3N5S/c1-6-26(13-19(20,21)22)10-14-7-8-27(11-14)17(23-5)24-9-16-25-15(12-28-16)18(2,3)4/h12,14H,6-11,13H2,1-5H3,(H,23,24). The number of hydrogen-bond donors (Lipinski definition) is 1. The Morgan fingerprint density at radius 3 is 2.64 bits per heavy atom. The van der Waals surface area contributed by atoms with E-state index in [2.05, 4.69) is 46.3 Å². The topological polar surface area (TPSA) is 43.8 Å². The molecule has 0 bridgehead atoms. The van der Waals surface area contributed by atoms with Crippen LogP contribution in [0.5, 0.6) is 0 Å². The molecule has 1 saturated heterocycles. The third-order valence-electron chi connectivity index (χ3n) is 4.88. The minimum atomic E-state index is -4.15. The van der Waals surface area contributed by atoms with Crippen LogP contribution in [0.3, 0.4) is 0 Å². The molecule has 1 atom stereocenters. The van der Waals surface area contributed by atoms with Gasteiger partial charge in [-0.15, -0.1) is 11.3 Å². The Morgan fingerprint density at radius 2 is 2.11 bits per heavy atom. The van der Waals surface area contributed by atoms with Crippen LogP contribution >= 0.6 is 11.3 Å². The monoisotopic (exact) mass is 419 g/mol. The normalized spacial score (nSPS) is 19.0. The Labute approximate surface area is 170 Å². The molecular weight excluding hydrogens is 387 g/mol. The van der Waals surface area contributed by atoms with E-state index in [1.54, 1.807) is 25.3 Å². The van der Waals surface area contributed by atoms with Crippen molar-refractivity contribution in [2.45, 2.75) is 52.3 Å². The van der Waals surface area contributed by atoms with Gasteiger partial charge < -0.3 is 10.2 Å². The van der Waals surface area contributed by atoms with Crippen LogP contribution in [0.2, 0.25) is 0 Å². The van der Waals surface area contributed by atoms with Gasteiger partial charge in [-0.25, -0.2) is 4.98 Å². The maximum atomic E-state index is 12.7. The molecule has 1 fully saturated rings. The highest BCUT2D eigenvalue weighted by molar-refractivity contribution is 7.09. The summed E-state index contributed by atoms with van der Waals surface area (Å²) in [6.45, 7) is 10.4. The Kier molecular flexibility index (Phi) is 7.73. The van der Waals surface area contributed by atoms with Crippen LogP contribution in [-0.4, -0.2) is 66.7 Å². The van der Waals surface area contributed by atoms with E-state index in [0.717, 1.165) is 36.2 Å². The zero-order valence-electron chi connectivity index (χ0n) is 17.4. The van der Waals surface area contributed by atoms with Gasteiger partial charge in [0.25, 0.3) is 0 Å². The Bertz CT molecular complexity index is 651. The smallest absolute Gasteiger partial charge is 0.350 e. The van der Waals surface area contributed by atoms with Crippen molar-refractivity contribution in [3.63, 3.8) is 0 Å². The summed E-state index contributed by atoms with van der Waals surface area (Å²) in [6, 6.07) is 0. The quantitative estimate of drug-likeness (QED) is 0.564. The molecule has 2 rings (SSSR count). The van der Waals surface area contributed by atoms with Crippen molar-refractivity contribution in [3.05, 3.63) is 16.1 Å². The minimum Gasteiger partial charge on any atom is -0.350 e. The maximum absolute atomic E-state index is 12.7. The van der Waals surface area contributed by atoms with Gasteiger partial charge in [-0.1, -0.05) is 27.7 Å². The average molecular weight is 420 g/mol. The second kappa shape index (κ2) is 9.43. The van der Waals surface area contributed by atoms with Gasteiger partial charge in [-0.3, -0.25) is 9.89 Å². The number of hydrogen-bond acceptors (Lipinski definition) is 4. The molecule has 1 aliphatic rings. The van der Waals surface area contributed by atoms with Crippen LogP contribution in [0, 0.1) is 5.92 Å². The Balaban J connectivity index is 1.86. The minimum absolute atomic E-state index is 0.0279. The first kappa shape index (κ1) is 22.9. The summed E-state index contributed by atoms with van der Waals surface area (Å²) in [5.74, 6) is 1.00. The van der Waals surface area contributed by atoms with Crippen molar-refractivity contribution < 1.29 is 13.2 Å². The van der Waals surface area contributed by atoms with E-state index >= 15 is 0 Å². The SMILES string of the molecule is CCN(CC1CCN(C(=NC)NCc2nc(C(C)(C)C)cs2)C1)CC(F)(F)F. The second-order valence-corrected chi connectivity index (χ2v) is 9.26. The molecule has 0 radical (unpaired) electrons. The number of rotatable bonds is 6. The van der Waals surface area contributed by atoms with Crippen molar-refractivity contribution >= 4 is 17.3 Å². The predicted octanol–water partition coefficient (Wildman–Crippen LogP) is 3.72. The Morgan fingerprint density at radius 1 is 1.39 bits per heavy atom. The van der Waals surface area contributed by atoms with Gasteiger partial charge in [0.2, 0.25) is 0 Å². The summed E-state index contributed by atoms with van der Waals surface area (Å²) >= 11 is 1.63. The van der Waals surface area contributed by atoms with Crippen LogP contribution in [0.4, 0.5) is 13.2 Å². The largest absolute Gasteiger partial charge is 0.401 e. The third-order valence-corrected chi connectivity index (χ3v) is 5.73. The number of guanidine groups is 1. The molecule has 1 aromatic heterocycles. The molecule has 28 heavy (non-hydrogen) atoms. The average Bonchev–Trinajstić information content (AvgIpc) is 3.23. The van der Waals surface area contributed by atoms with Crippen molar-refractivity contribution in [2.75, 3.05) is 39.8 Å². The molecule has 160 valence electrons. The summed E-state index contributed by atoms with van der Waals surface area (Å²) in [4.78, 5) is 12.6. The molecule has 1 aliphatic heterocycles. The molecule has 0 aliphatic carbocycles. The molecule has 5 nitrogen and oxygen atoms in total.